The van der Waals surface area contributed by atoms with Crippen LogP contribution in [0.1, 0.15) is 69.8 Å². The highest BCUT2D eigenvalue weighted by Crippen LogP contribution is 2.30. The zero-order valence-electron chi connectivity index (χ0n) is 11.7. The van der Waals surface area contributed by atoms with Gasteiger partial charge in [-0.2, -0.15) is 0 Å². The molecule has 1 fully saturated rings. The molecule has 0 radical (unpaired) electrons. The van der Waals surface area contributed by atoms with E-state index < -0.39 is 0 Å². The molecular formula is C15H25N3. The van der Waals surface area contributed by atoms with E-state index in [-0.39, 0.29) is 0 Å². The zero-order valence-corrected chi connectivity index (χ0v) is 11.7. The van der Waals surface area contributed by atoms with Crippen molar-refractivity contribution in [1.82, 2.24) is 9.97 Å². The molecule has 3 nitrogen and oxygen atoms in total. The highest BCUT2D eigenvalue weighted by molar-refractivity contribution is 5.30. The average molecular weight is 247 g/mol. The monoisotopic (exact) mass is 247 g/mol. The summed E-state index contributed by atoms with van der Waals surface area (Å²) in [5.41, 5.74) is 7.04. The van der Waals surface area contributed by atoms with Crippen molar-refractivity contribution in [1.29, 1.82) is 0 Å². The number of rotatable bonds is 3. The highest BCUT2D eigenvalue weighted by atomic mass is 15.0. The van der Waals surface area contributed by atoms with Gasteiger partial charge in [0.15, 0.2) is 0 Å². The summed E-state index contributed by atoms with van der Waals surface area (Å²) >= 11 is 0. The predicted octanol–water partition coefficient (Wildman–Crippen LogP) is 3.70. The van der Waals surface area contributed by atoms with E-state index in [1.807, 2.05) is 6.07 Å². The Morgan fingerprint density at radius 3 is 2.44 bits per heavy atom. The van der Waals surface area contributed by atoms with Gasteiger partial charge >= 0.3 is 0 Å². The lowest BCUT2D eigenvalue weighted by molar-refractivity contribution is 0.552. The summed E-state index contributed by atoms with van der Waals surface area (Å²) in [6, 6.07) is 1.93. The third-order valence-electron chi connectivity index (χ3n) is 3.65. The summed E-state index contributed by atoms with van der Waals surface area (Å²) in [6.45, 7) is 4.42. The average Bonchev–Trinajstić information content (AvgIpc) is 2.55. The van der Waals surface area contributed by atoms with E-state index in [0.29, 0.717) is 17.7 Å². The Labute approximate surface area is 110 Å². The van der Waals surface area contributed by atoms with Gasteiger partial charge in [0.1, 0.15) is 11.6 Å². The molecule has 0 bridgehead atoms. The Balaban J connectivity index is 2.17. The minimum absolute atomic E-state index is 0.530. The van der Waals surface area contributed by atoms with Gasteiger partial charge in [0.05, 0.1) is 0 Å². The quantitative estimate of drug-likeness (QED) is 0.829. The summed E-state index contributed by atoms with van der Waals surface area (Å²) in [5.74, 6) is 2.77. The van der Waals surface area contributed by atoms with E-state index in [9.17, 15) is 0 Å². The maximum absolute atomic E-state index is 5.93. The van der Waals surface area contributed by atoms with Crippen molar-refractivity contribution in [3.8, 4) is 0 Å². The third-order valence-corrected chi connectivity index (χ3v) is 3.65. The van der Waals surface area contributed by atoms with Gasteiger partial charge in [0.25, 0.3) is 0 Å². The first kappa shape index (κ1) is 13.3. The van der Waals surface area contributed by atoms with Crippen molar-refractivity contribution in [3.05, 3.63) is 17.6 Å². The summed E-state index contributed by atoms with van der Waals surface area (Å²) in [5, 5.41) is 0. The van der Waals surface area contributed by atoms with E-state index >= 15 is 0 Å². The molecule has 0 aliphatic heterocycles. The third kappa shape index (κ3) is 3.69. The van der Waals surface area contributed by atoms with Crippen LogP contribution in [0.4, 0.5) is 5.82 Å². The van der Waals surface area contributed by atoms with Gasteiger partial charge in [-0.05, 0) is 25.2 Å². The van der Waals surface area contributed by atoms with Crippen molar-refractivity contribution < 1.29 is 0 Å². The number of hydrogen-bond acceptors (Lipinski definition) is 3. The van der Waals surface area contributed by atoms with Crippen molar-refractivity contribution >= 4 is 5.82 Å². The lowest BCUT2D eigenvalue weighted by Gasteiger charge is -2.14. The van der Waals surface area contributed by atoms with Gasteiger partial charge < -0.3 is 5.73 Å². The maximum atomic E-state index is 5.93. The normalized spacial score (nSPS) is 17.9. The van der Waals surface area contributed by atoms with Crippen LogP contribution in [0.15, 0.2) is 6.07 Å². The molecule has 0 saturated heterocycles. The second kappa shape index (κ2) is 6.17. The number of aromatic nitrogens is 2. The van der Waals surface area contributed by atoms with Crippen LogP contribution in [-0.4, -0.2) is 9.97 Å². The van der Waals surface area contributed by atoms with Crippen LogP contribution in [0.2, 0.25) is 0 Å². The molecule has 3 heteroatoms. The van der Waals surface area contributed by atoms with Crippen LogP contribution in [0, 0.1) is 5.92 Å². The van der Waals surface area contributed by atoms with Crippen molar-refractivity contribution in [2.75, 3.05) is 5.73 Å². The fourth-order valence-electron chi connectivity index (χ4n) is 2.78. The molecule has 1 heterocycles. The lowest BCUT2D eigenvalue weighted by atomic mass is 9.99. The Morgan fingerprint density at radius 1 is 1.17 bits per heavy atom. The first-order valence-electron chi connectivity index (χ1n) is 7.28. The molecule has 18 heavy (non-hydrogen) atoms. The molecular weight excluding hydrogens is 222 g/mol. The summed E-state index contributed by atoms with van der Waals surface area (Å²) in [6.07, 6.45) is 8.78. The van der Waals surface area contributed by atoms with Gasteiger partial charge in [-0.3, -0.25) is 0 Å². The number of nitrogens with two attached hydrogens (primary N) is 1. The molecule has 2 rings (SSSR count). The fraction of sp³-hybridized carbons (Fsp3) is 0.733. The first-order chi connectivity index (χ1) is 8.65. The Kier molecular flexibility index (Phi) is 4.56. The largest absolute Gasteiger partial charge is 0.384 e. The Hall–Kier alpha value is -1.12. The lowest BCUT2D eigenvalue weighted by Crippen LogP contribution is -2.09. The second-order valence-electron chi connectivity index (χ2n) is 5.93. The van der Waals surface area contributed by atoms with Crippen LogP contribution < -0.4 is 5.73 Å². The second-order valence-corrected chi connectivity index (χ2v) is 5.93. The molecule has 0 atom stereocenters. The maximum Gasteiger partial charge on any atom is 0.134 e. The van der Waals surface area contributed by atoms with Gasteiger partial charge in [-0.1, -0.05) is 39.5 Å². The number of nitrogens with zero attached hydrogens (tertiary/aromatic N) is 2. The van der Waals surface area contributed by atoms with E-state index in [0.717, 1.165) is 17.9 Å². The summed E-state index contributed by atoms with van der Waals surface area (Å²) in [7, 11) is 0. The van der Waals surface area contributed by atoms with Crippen LogP contribution in [-0.2, 0) is 6.42 Å². The molecule has 1 aliphatic rings. The van der Waals surface area contributed by atoms with Gasteiger partial charge in [-0.25, -0.2) is 9.97 Å². The van der Waals surface area contributed by atoms with Crippen molar-refractivity contribution in [3.63, 3.8) is 0 Å². The van der Waals surface area contributed by atoms with E-state index in [2.05, 4.69) is 18.8 Å². The number of anilines is 1. The molecule has 0 unspecified atom stereocenters. The Bertz CT molecular complexity index is 379. The molecule has 1 aliphatic carbocycles. The molecule has 2 N–H and O–H groups in total. The predicted molar refractivity (Wildman–Crippen MR) is 75.4 cm³/mol. The standard InChI is InChI=1S/C15H25N3/c1-11(2)9-13-10-14(16)18-15(17-13)12-7-5-3-4-6-8-12/h10-12H,3-9H2,1-2H3,(H2,16,17,18). The van der Waals surface area contributed by atoms with Crippen molar-refractivity contribution in [2.24, 2.45) is 5.92 Å². The molecule has 0 aromatic carbocycles. The zero-order chi connectivity index (χ0) is 13.0. The van der Waals surface area contributed by atoms with E-state index in [1.54, 1.807) is 0 Å². The molecule has 1 aromatic heterocycles. The molecule has 0 amide bonds. The first-order valence-corrected chi connectivity index (χ1v) is 7.28. The summed E-state index contributed by atoms with van der Waals surface area (Å²) in [4.78, 5) is 9.22. The molecule has 1 saturated carbocycles. The number of nitrogen functional groups attached to an aromatic ring is 1. The van der Waals surface area contributed by atoms with Gasteiger partial charge in [-0.15, -0.1) is 0 Å². The van der Waals surface area contributed by atoms with E-state index in [4.69, 9.17) is 10.7 Å². The van der Waals surface area contributed by atoms with Crippen molar-refractivity contribution in [2.45, 2.75) is 64.7 Å². The molecule has 1 aromatic rings. The summed E-state index contributed by atoms with van der Waals surface area (Å²) < 4.78 is 0. The minimum Gasteiger partial charge on any atom is -0.384 e. The minimum atomic E-state index is 0.530. The number of hydrogen-bond donors (Lipinski definition) is 1. The van der Waals surface area contributed by atoms with E-state index in [1.165, 1.54) is 38.5 Å². The smallest absolute Gasteiger partial charge is 0.134 e. The van der Waals surface area contributed by atoms with Gasteiger partial charge in [0.2, 0.25) is 0 Å². The fourth-order valence-corrected chi connectivity index (χ4v) is 2.78. The topological polar surface area (TPSA) is 51.8 Å². The Morgan fingerprint density at radius 2 is 1.83 bits per heavy atom. The van der Waals surface area contributed by atoms with Crippen LogP contribution >= 0.6 is 0 Å². The highest BCUT2D eigenvalue weighted by Gasteiger charge is 2.18. The SMILES string of the molecule is CC(C)Cc1cc(N)nc(C2CCCCCC2)n1. The molecule has 100 valence electrons. The van der Waals surface area contributed by atoms with Crippen LogP contribution in [0.3, 0.4) is 0 Å². The van der Waals surface area contributed by atoms with Gasteiger partial charge in [0, 0.05) is 17.7 Å². The molecule has 0 spiro atoms. The van der Waals surface area contributed by atoms with Crippen LogP contribution in [0.5, 0.6) is 0 Å². The van der Waals surface area contributed by atoms with Crippen LogP contribution in [0.25, 0.3) is 0 Å².